The summed E-state index contributed by atoms with van der Waals surface area (Å²) in [6, 6.07) is 0. The highest BCUT2D eigenvalue weighted by molar-refractivity contribution is 7.88. The van der Waals surface area contributed by atoms with Crippen LogP contribution in [0.25, 0.3) is 0 Å². The van der Waals surface area contributed by atoms with Gasteiger partial charge in [0.05, 0.1) is 23.6 Å². The van der Waals surface area contributed by atoms with Crippen LogP contribution >= 0.6 is 0 Å². The van der Waals surface area contributed by atoms with E-state index in [4.69, 9.17) is 0 Å². The lowest BCUT2D eigenvalue weighted by molar-refractivity contribution is -0.138. The Labute approximate surface area is 709 Å². The van der Waals surface area contributed by atoms with Crippen LogP contribution in [0.3, 0.4) is 0 Å². The Kier molecular flexibility index (Phi) is 44.1. The van der Waals surface area contributed by atoms with Crippen molar-refractivity contribution in [2.45, 2.75) is 388 Å². The van der Waals surface area contributed by atoms with E-state index in [-0.39, 0.29) is 111 Å². The molecule has 0 aromatic rings. The number of amides is 6. The number of nitrogens with one attached hydrogen (secondary N) is 5. The van der Waals surface area contributed by atoms with Gasteiger partial charge in [-0.3, -0.25) is 58.1 Å². The molecule has 20 heteroatoms. The van der Waals surface area contributed by atoms with E-state index >= 15 is 0 Å². The first-order chi connectivity index (χ1) is 52.4. The lowest BCUT2D eigenvalue weighted by atomic mass is 9.60. The van der Waals surface area contributed by atoms with Crippen molar-refractivity contribution >= 4 is 74.4 Å². The fourth-order valence-electron chi connectivity index (χ4n) is 21.2. The number of carbonyl (C=O) groups is 11. The molecule has 6 heterocycles. The smallest absolute Gasteiger partial charge is 0.236 e. The zero-order valence-corrected chi connectivity index (χ0v) is 80.9. The summed E-state index contributed by atoms with van der Waals surface area (Å²) in [6.45, 7) is 77.0. The maximum Gasteiger partial charge on any atom is 0.236 e. The van der Waals surface area contributed by atoms with Crippen LogP contribution in [0.4, 0.5) is 0 Å². The highest BCUT2D eigenvalue weighted by Crippen LogP contribution is 2.51. The standard InChI is InChI=1S/C12H20O2.C12H22O.C11H21NO3S.C11H21NO.C11H20O.C10H17NO2.2C10H19NO.C8H15NO.CH4/c1-8(2)12(9(3)4)6-10(13)5-11(14)7-12;1-9(2)12(10(3)4)7-5-6-11(13)8-12;1-8(2)11(9(3)4)6-10(13)12(7-11)16(5,14)15;1-8(2)11(9(3)4)7-5-6-10(13)12-11;1-8(2)11(9(3)4)7-5-6-10(11)12;1-6(2)10(7(3)4)5-8(12)11-9(10)13;1-7(2)10(8(3)4)5-9(12)11-6-10;1-7(2)10(8(3)4)6-5-9(12)11-10;1-6(2)8(3)7(10)4-5-9-8;/h8-9H,5-7H2,1-4H3;9-10H,5-8H2,1-4H3;8-9H,6-7H2,1-5H3;8-9H,5-7H2,1-4H3,(H,12,13);8-9H,5-7H2,1-4H3;6-7H,5H2,1-4H3,(H,11,12,13);2*7-8H,5-6H2,1-4H3,(H,11,12);6,9H,4-5H2,1-3H3;1H4. The maximum absolute atomic E-state index is 11.8. The largest absolute Gasteiger partial charge is 0.355 e. The molecule has 1 unspecified atom stereocenters. The monoisotopic (exact) mass is 1660 g/mol. The van der Waals surface area contributed by atoms with Crippen molar-refractivity contribution in [1.82, 2.24) is 30.9 Å². The second-order valence-electron chi connectivity index (χ2n) is 41.8. The van der Waals surface area contributed by atoms with Gasteiger partial charge >= 0.3 is 0 Å². The van der Waals surface area contributed by atoms with Gasteiger partial charge in [0.15, 0.2) is 5.78 Å². The molecule has 9 aliphatic rings. The van der Waals surface area contributed by atoms with Crippen LogP contribution in [0.5, 0.6) is 0 Å². The van der Waals surface area contributed by atoms with Crippen LogP contribution < -0.4 is 26.6 Å². The SMILES string of the molecule is C.CC(C)C1(C(C)C)CC(=O)CC(=O)C1.CC(C)C1(C(C)C)CC(=O)N(S(C)(=O)=O)C1.CC(C)C1(C(C)C)CC(=O)NC1=O.CC(C)C1(C(C)C)CCC(=O)N1.CC(C)C1(C(C)C)CCCC(=O)C1.CC(C)C1(C(C)C)CCCC(=O)N1.CC(C)C1(C(C)C)CCCC1=O.CC(C)C1(C(C)C)CNC(=O)C1.CC(C)C1(C)NCCC1=O. The van der Waals surface area contributed by atoms with Crippen molar-refractivity contribution in [1.29, 1.82) is 0 Å². The molecule has 3 saturated carbocycles. The summed E-state index contributed by atoms with van der Waals surface area (Å²) >= 11 is 0. The number of hydrogen-bond donors (Lipinski definition) is 5. The summed E-state index contributed by atoms with van der Waals surface area (Å²) in [5.41, 5.74) is -0.359. The number of Topliss-reactive ketones (excluding diaryl/α,β-unsaturated/α-hetero) is 5. The summed E-state index contributed by atoms with van der Waals surface area (Å²) in [5.74, 6) is 9.56. The lowest BCUT2D eigenvalue weighted by Gasteiger charge is -2.45. The first-order valence-electron chi connectivity index (χ1n) is 45.0. The van der Waals surface area contributed by atoms with Crippen LogP contribution in [0, 0.1) is 133 Å². The minimum absolute atomic E-state index is 0. The third-order valence-corrected chi connectivity index (χ3v) is 32.1. The van der Waals surface area contributed by atoms with Crippen molar-refractivity contribution in [3.8, 4) is 0 Å². The topological polar surface area (TPSA) is 285 Å². The molecule has 3 aliphatic carbocycles. The van der Waals surface area contributed by atoms with E-state index in [1.807, 2.05) is 34.6 Å². The van der Waals surface area contributed by atoms with Crippen molar-refractivity contribution < 1.29 is 61.2 Å². The van der Waals surface area contributed by atoms with E-state index in [0.717, 1.165) is 81.4 Å². The van der Waals surface area contributed by atoms with Gasteiger partial charge in [-0.15, -0.1) is 0 Å². The van der Waals surface area contributed by atoms with Gasteiger partial charge in [-0.05, 0) is 163 Å². The molecule has 9 fully saturated rings. The minimum atomic E-state index is -3.41. The molecule has 1 atom stereocenters. The predicted molar refractivity (Wildman–Crippen MR) is 477 cm³/mol. The predicted octanol–water partition coefficient (Wildman–Crippen LogP) is 19.6. The second kappa shape index (κ2) is 46.0. The van der Waals surface area contributed by atoms with E-state index < -0.39 is 15.4 Å². The molecule has 19 nitrogen and oxygen atoms in total. The Bertz CT molecular complexity index is 3160. The number of hydrogen-bond acceptors (Lipinski definition) is 14. The van der Waals surface area contributed by atoms with Crippen molar-refractivity contribution in [3.63, 3.8) is 0 Å². The maximum atomic E-state index is 11.8. The summed E-state index contributed by atoms with van der Waals surface area (Å²) in [6.07, 6.45) is 16.2. The van der Waals surface area contributed by atoms with E-state index in [9.17, 15) is 61.2 Å². The number of ketones is 5. The van der Waals surface area contributed by atoms with Gasteiger partial charge in [0, 0.05) is 118 Å². The lowest BCUT2D eigenvalue weighted by Crippen LogP contribution is -2.58. The third kappa shape index (κ3) is 26.9. The normalized spacial score (nSPS) is 22.8. The molecule has 0 aromatic carbocycles. The second-order valence-corrected chi connectivity index (χ2v) is 43.7. The Morgan fingerprint density at radius 1 is 0.336 bits per heavy atom. The van der Waals surface area contributed by atoms with Gasteiger partial charge in [0.2, 0.25) is 45.5 Å². The van der Waals surface area contributed by atoms with Gasteiger partial charge in [-0.25, -0.2) is 12.7 Å². The molecule has 0 spiro atoms. The van der Waals surface area contributed by atoms with Gasteiger partial charge in [0.25, 0.3) is 0 Å². The van der Waals surface area contributed by atoms with Crippen LogP contribution in [-0.4, -0.2) is 120 Å². The number of piperidine rings is 1. The quantitative estimate of drug-likeness (QED) is 0.0630. The third-order valence-electron chi connectivity index (χ3n) is 30.9. The molecule has 6 saturated heterocycles. The summed E-state index contributed by atoms with van der Waals surface area (Å²) < 4.78 is 24.0. The zero-order valence-electron chi connectivity index (χ0n) is 80.0. The number of sulfonamides is 1. The van der Waals surface area contributed by atoms with Crippen molar-refractivity contribution in [2.75, 3.05) is 25.9 Å². The van der Waals surface area contributed by atoms with Crippen LogP contribution in [0.1, 0.15) is 372 Å². The fourth-order valence-corrected chi connectivity index (χ4v) is 22.1. The summed E-state index contributed by atoms with van der Waals surface area (Å²) in [5, 5.41) is 14.9. The molecule has 0 bridgehead atoms. The average Bonchev–Trinajstić information content (AvgIpc) is 1.57. The Morgan fingerprint density at radius 3 is 0.940 bits per heavy atom. The molecule has 9 rings (SSSR count). The Balaban J connectivity index is 0.00000128. The molecule has 6 aliphatic heterocycles. The van der Waals surface area contributed by atoms with Crippen molar-refractivity contribution in [3.05, 3.63) is 0 Å². The molecule has 5 N–H and O–H groups in total. The summed E-state index contributed by atoms with van der Waals surface area (Å²) in [4.78, 5) is 126. The Morgan fingerprint density at radius 2 is 0.724 bits per heavy atom. The number of nitrogens with zero attached hydrogens (tertiary/aromatic N) is 1. The van der Waals surface area contributed by atoms with Crippen molar-refractivity contribution in [2.24, 2.45) is 133 Å². The first-order valence-corrected chi connectivity index (χ1v) is 46.9. The first kappa shape index (κ1) is 111. The fraction of sp³-hybridized carbons (Fsp3) is 0.885. The molecule has 0 aromatic heterocycles. The molecule has 676 valence electrons. The molecule has 116 heavy (non-hydrogen) atoms. The van der Waals surface area contributed by atoms with E-state index in [1.54, 1.807) is 0 Å². The highest BCUT2D eigenvalue weighted by atomic mass is 32.2. The van der Waals surface area contributed by atoms with Gasteiger partial charge in [-0.1, -0.05) is 243 Å². The molecular formula is C96H178N6O13S. The van der Waals surface area contributed by atoms with Gasteiger partial charge < -0.3 is 21.3 Å². The average molecular weight is 1660 g/mol. The van der Waals surface area contributed by atoms with Crippen LogP contribution in [0.2, 0.25) is 0 Å². The van der Waals surface area contributed by atoms with Gasteiger partial charge in [0.1, 0.15) is 23.1 Å². The molecular weight excluding hydrogens is 1480 g/mol. The number of imide groups is 1. The van der Waals surface area contributed by atoms with Gasteiger partial charge in [-0.2, -0.15) is 0 Å². The van der Waals surface area contributed by atoms with E-state index in [1.165, 1.54) is 6.42 Å². The van der Waals surface area contributed by atoms with E-state index in [0.29, 0.717) is 169 Å². The van der Waals surface area contributed by atoms with E-state index in [2.05, 4.69) is 234 Å². The summed E-state index contributed by atoms with van der Waals surface area (Å²) in [7, 11) is -3.41. The van der Waals surface area contributed by atoms with Crippen LogP contribution in [-0.2, 0) is 62.8 Å². The zero-order chi connectivity index (χ0) is 89.8. The molecule has 0 radical (unpaired) electrons. The molecule has 6 amide bonds. The van der Waals surface area contributed by atoms with Crippen LogP contribution in [0.15, 0.2) is 0 Å². The Hall–Kier alpha value is -4.72. The number of rotatable bonds is 18. The number of carbonyl (C=O) groups excluding carboxylic acids is 11. The minimum Gasteiger partial charge on any atom is -0.355 e. The highest BCUT2D eigenvalue weighted by Gasteiger charge is 2.54.